The van der Waals surface area contributed by atoms with Crippen LogP contribution in [0, 0.1) is 0 Å². The number of carbonyl (C=O) groups excluding carboxylic acids is 3. The van der Waals surface area contributed by atoms with Crippen molar-refractivity contribution in [2.24, 2.45) is 0 Å². The van der Waals surface area contributed by atoms with Gasteiger partial charge >= 0.3 is 0 Å². The standard InChI is InChI=1S/C25H21ClN2O5/c1-32-13-5-12-28-24(30)19-10-8-16(14-20(19)25(28)31)23(29)27-17-9-11-22(21(26)15-17)33-18-6-3-2-4-7-18/h2-4,6-11,14-15H,5,12-13H2,1H3,(H,27,29). The monoisotopic (exact) mass is 464 g/mol. The fraction of sp³-hybridized carbons (Fsp3) is 0.160. The van der Waals surface area contributed by atoms with E-state index >= 15 is 0 Å². The number of hydrogen-bond acceptors (Lipinski definition) is 5. The van der Waals surface area contributed by atoms with Gasteiger partial charge in [-0.15, -0.1) is 0 Å². The van der Waals surface area contributed by atoms with Crippen LogP contribution in [0.1, 0.15) is 37.5 Å². The highest BCUT2D eigenvalue weighted by Gasteiger charge is 2.35. The van der Waals surface area contributed by atoms with Crippen molar-refractivity contribution < 1.29 is 23.9 Å². The molecule has 3 aromatic rings. The second kappa shape index (κ2) is 9.85. The largest absolute Gasteiger partial charge is 0.456 e. The maximum absolute atomic E-state index is 12.8. The van der Waals surface area contributed by atoms with E-state index in [9.17, 15) is 14.4 Å². The van der Waals surface area contributed by atoms with Crippen molar-refractivity contribution in [1.29, 1.82) is 0 Å². The summed E-state index contributed by atoms with van der Waals surface area (Å²) in [6.45, 7) is 0.705. The Morgan fingerprint density at radius 1 is 0.970 bits per heavy atom. The van der Waals surface area contributed by atoms with Crippen molar-refractivity contribution in [2.45, 2.75) is 6.42 Å². The third-order valence-electron chi connectivity index (χ3n) is 5.12. The lowest BCUT2D eigenvalue weighted by Crippen LogP contribution is -2.31. The van der Waals surface area contributed by atoms with Gasteiger partial charge in [0, 0.05) is 31.5 Å². The molecule has 0 spiro atoms. The van der Waals surface area contributed by atoms with Gasteiger partial charge in [0.15, 0.2) is 0 Å². The summed E-state index contributed by atoms with van der Waals surface area (Å²) in [6.07, 6.45) is 0.542. The number of imide groups is 1. The highest BCUT2D eigenvalue weighted by Crippen LogP contribution is 2.32. The Balaban J connectivity index is 1.46. The van der Waals surface area contributed by atoms with E-state index in [-0.39, 0.29) is 23.6 Å². The van der Waals surface area contributed by atoms with Crippen LogP contribution in [-0.2, 0) is 4.74 Å². The maximum atomic E-state index is 12.8. The lowest BCUT2D eigenvalue weighted by molar-refractivity contribution is 0.0638. The average molecular weight is 465 g/mol. The van der Waals surface area contributed by atoms with Gasteiger partial charge in [-0.1, -0.05) is 29.8 Å². The summed E-state index contributed by atoms with van der Waals surface area (Å²) in [5.74, 6) is -0.102. The van der Waals surface area contributed by atoms with Gasteiger partial charge in [-0.2, -0.15) is 0 Å². The minimum atomic E-state index is -0.427. The first-order chi connectivity index (χ1) is 16.0. The fourth-order valence-corrected chi connectivity index (χ4v) is 3.70. The molecule has 1 aliphatic heterocycles. The SMILES string of the molecule is COCCCN1C(=O)c2ccc(C(=O)Nc3ccc(Oc4ccccc4)c(Cl)c3)cc2C1=O. The van der Waals surface area contributed by atoms with Gasteiger partial charge in [0.25, 0.3) is 17.7 Å². The molecule has 3 aromatic carbocycles. The summed E-state index contributed by atoms with van der Waals surface area (Å²) in [5, 5.41) is 3.09. The Bertz CT molecular complexity index is 1210. The van der Waals surface area contributed by atoms with Crippen LogP contribution in [0.15, 0.2) is 66.7 Å². The minimum absolute atomic E-state index is 0.217. The first-order valence-electron chi connectivity index (χ1n) is 10.3. The number of fused-ring (bicyclic) bond motifs is 1. The molecular formula is C25H21ClN2O5. The Morgan fingerprint density at radius 3 is 2.45 bits per heavy atom. The van der Waals surface area contributed by atoms with Crippen molar-refractivity contribution in [1.82, 2.24) is 4.90 Å². The van der Waals surface area contributed by atoms with E-state index in [1.807, 2.05) is 30.3 Å². The minimum Gasteiger partial charge on any atom is -0.456 e. The van der Waals surface area contributed by atoms with E-state index in [0.29, 0.717) is 40.8 Å². The molecule has 0 fully saturated rings. The van der Waals surface area contributed by atoms with Gasteiger partial charge in [-0.25, -0.2) is 0 Å². The van der Waals surface area contributed by atoms with Crippen molar-refractivity contribution in [3.05, 3.63) is 88.4 Å². The molecule has 0 saturated heterocycles. The van der Waals surface area contributed by atoms with E-state index in [2.05, 4.69) is 5.32 Å². The van der Waals surface area contributed by atoms with E-state index in [1.165, 1.54) is 23.1 Å². The lowest BCUT2D eigenvalue weighted by atomic mass is 10.1. The predicted octanol–water partition coefficient (Wildman–Crippen LogP) is 5.02. The zero-order valence-corrected chi connectivity index (χ0v) is 18.6. The number of para-hydroxylation sites is 1. The summed E-state index contributed by atoms with van der Waals surface area (Å²) in [7, 11) is 1.56. The summed E-state index contributed by atoms with van der Waals surface area (Å²) in [6, 6.07) is 18.6. The molecule has 0 aliphatic carbocycles. The van der Waals surface area contributed by atoms with Crippen LogP contribution in [0.25, 0.3) is 0 Å². The summed E-state index contributed by atoms with van der Waals surface area (Å²) < 4.78 is 10.7. The molecule has 8 heteroatoms. The van der Waals surface area contributed by atoms with Crippen molar-refractivity contribution in [2.75, 3.05) is 25.6 Å². The van der Waals surface area contributed by atoms with E-state index < -0.39 is 11.8 Å². The smallest absolute Gasteiger partial charge is 0.261 e. The highest BCUT2D eigenvalue weighted by atomic mass is 35.5. The van der Waals surface area contributed by atoms with Gasteiger partial charge in [0.05, 0.1) is 16.1 Å². The maximum Gasteiger partial charge on any atom is 0.261 e. The van der Waals surface area contributed by atoms with Crippen LogP contribution in [-0.4, -0.2) is 42.9 Å². The van der Waals surface area contributed by atoms with Gasteiger partial charge in [-0.05, 0) is 55.0 Å². The van der Waals surface area contributed by atoms with E-state index in [0.717, 1.165) is 0 Å². The molecule has 168 valence electrons. The quantitative estimate of drug-likeness (QED) is 0.374. The predicted molar refractivity (Wildman–Crippen MR) is 124 cm³/mol. The molecule has 0 saturated carbocycles. The fourth-order valence-electron chi connectivity index (χ4n) is 3.48. The number of nitrogens with one attached hydrogen (secondary N) is 1. The summed E-state index contributed by atoms with van der Waals surface area (Å²) >= 11 is 6.32. The van der Waals surface area contributed by atoms with Crippen LogP contribution in [0.3, 0.4) is 0 Å². The molecule has 0 bridgehead atoms. The van der Waals surface area contributed by atoms with Crippen LogP contribution >= 0.6 is 11.6 Å². The molecule has 0 radical (unpaired) electrons. The van der Waals surface area contributed by atoms with Gasteiger partial charge in [0.2, 0.25) is 0 Å². The third-order valence-corrected chi connectivity index (χ3v) is 5.42. The first kappa shape index (κ1) is 22.5. The summed E-state index contributed by atoms with van der Waals surface area (Å²) in [5.41, 5.74) is 1.23. The molecule has 4 rings (SSSR count). The number of anilines is 1. The molecular weight excluding hydrogens is 444 g/mol. The van der Waals surface area contributed by atoms with Gasteiger partial charge in [0.1, 0.15) is 11.5 Å². The van der Waals surface area contributed by atoms with Crippen molar-refractivity contribution in [3.63, 3.8) is 0 Å². The molecule has 1 heterocycles. The Morgan fingerprint density at radius 2 is 1.73 bits per heavy atom. The number of halogens is 1. The van der Waals surface area contributed by atoms with Crippen molar-refractivity contribution in [3.8, 4) is 11.5 Å². The van der Waals surface area contributed by atoms with Gasteiger partial charge in [-0.3, -0.25) is 19.3 Å². The van der Waals surface area contributed by atoms with E-state index in [4.69, 9.17) is 21.1 Å². The zero-order valence-electron chi connectivity index (χ0n) is 17.8. The molecule has 3 amide bonds. The van der Waals surface area contributed by atoms with Crippen molar-refractivity contribution >= 4 is 35.0 Å². The molecule has 1 N–H and O–H groups in total. The Labute approximate surface area is 195 Å². The number of nitrogens with zero attached hydrogens (tertiary/aromatic N) is 1. The van der Waals surface area contributed by atoms with Gasteiger partial charge < -0.3 is 14.8 Å². The lowest BCUT2D eigenvalue weighted by Gasteiger charge is -2.12. The third kappa shape index (κ3) is 4.89. The second-order valence-corrected chi connectivity index (χ2v) is 7.79. The molecule has 33 heavy (non-hydrogen) atoms. The normalized spacial score (nSPS) is 12.6. The number of carbonyl (C=O) groups is 3. The van der Waals surface area contributed by atoms with E-state index in [1.54, 1.807) is 25.3 Å². The number of hydrogen-bond donors (Lipinski definition) is 1. The number of rotatable bonds is 8. The zero-order chi connectivity index (χ0) is 23.4. The average Bonchev–Trinajstić information content (AvgIpc) is 3.06. The Hall–Kier alpha value is -3.68. The van der Waals surface area contributed by atoms with Crippen LogP contribution in [0.4, 0.5) is 5.69 Å². The number of benzene rings is 3. The van der Waals surface area contributed by atoms with Crippen LogP contribution in [0.5, 0.6) is 11.5 Å². The van der Waals surface area contributed by atoms with Crippen LogP contribution < -0.4 is 10.1 Å². The number of ether oxygens (including phenoxy) is 2. The second-order valence-electron chi connectivity index (χ2n) is 7.38. The molecule has 0 aromatic heterocycles. The van der Waals surface area contributed by atoms with Crippen LogP contribution in [0.2, 0.25) is 5.02 Å². The summed E-state index contributed by atoms with van der Waals surface area (Å²) in [4.78, 5) is 39.1. The Kier molecular flexibility index (Phi) is 6.72. The number of methoxy groups -OCH3 is 1. The topological polar surface area (TPSA) is 84.9 Å². The molecule has 7 nitrogen and oxygen atoms in total. The molecule has 0 atom stereocenters. The number of amides is 3. The molecule has 1 aliphatic rings. The highest BCUT2D eigenvalue weighted by molar-refractivity contribution is 6.32. The first-order valence-corrected chi connectivity index (χ1v) is 10.7. The molecule has 0 unspecified atom stereocenters.